The third-order valence-corrected chi connectivity index (χ3v) is 3.62. The van der Waals surface area contributed by atoms with E-state index in [2.05, 4.69) is 5.32 Å². The Morgan fingerprint density at radius 3 is 2.55 bits per heavy atom. The number of nitrogen functional groups attached to an aromatic ring is 1. The lowest BCUT2D eigenvalue weighted by molar-refractivity contribution is -0.130. The van der Waals surface area contributed by atoms with Gasteiger partial charge in [-0.05, 0) is 19.4 Å². The van der Waals surface area contributed by atoms with E-state index in [-0.39, 0.29) is 24.6 Å². The number of pyridine rings is 1. The minimum Gasteiger partial charge on any atom is -0.398 e. The number of hydrogen-bond acceptors (Lipinski definition) is 4. The van der Waals surface area contributed by atoms with Crippen LogP contribution >= 0.6 is 0 Å². The smallest absolute Gasteiger partial charge is 0.325 e. The molecule has 2 rings (SSSR count). The van der Waals surface area contributed by atoms with Crippen molar-refractivity contribution in [1.29, 1.82) is 0 Å². The van der Waals surface area contributed by atoms with E-state index >= 15 is 0 Å². The van der Waals surface area contributed by atoms with Gasteiger partial charge in [-0.2, -0.15) is 0 Å². The number of nitrogens with zero attached hydrogens (tertiary/aromatic N) is 2. The van der Waals surface area contributed by atoms with Gasteiger partial charge in [0.15, 0.2) is 0 Å². The first-order valence-electron chi connectivity index (χ1n) is 6.47. The first-order valence-corrected chi connectivity index (χ1v) is 6.47. The van der Waals surface area contributed by atoms with Gasteiger partial charge in [0.05, 0.1) is 0 Å². The van der Waals surface area contributed by atoms with Crippen LogP contribution in [-0.2, 0) is 11.3 Å². The summed E-state index contributed by atoms with van der Waals surface area (Å²) in [6, 6.07) is 2.45. The molecule has 0 aromatic carbocycles. The summed E-state index contributed by atoms with van der Waals surface area (Å²) in [5.41, 5.74) is 5.00. The lowest BCUT2D eigenvalue weighted by Crippen LogP contribution is -2.43. The van der Waals surface area contributed by atoms with Gasteiger partial charge in [0.2, 0.25) is 0 Å². The van der Waals surface area contributed by atoms with E-state index < -0.39 is 11.6 Å². The van der Waals surface area contributed by atoms with Crippen molar-refractivity contribution in [2.45, 2.75) is 32.4 Å². The molecule has 1 atom stereocenters. The molecule has 3 amide bonds. The van der Waals surface area contributed by atoms with E-state index in [1.54, 1.807) is 6.92 Å². The molecule has 7 nitrogen and oxygen atoms in total. The number of hydrogen-bond donors (Lipinski definition) is 2. The Bertz CT molecular complexity index is 610. The number of nitrogens with one attached hydrogen (secondary N) is 1. The van der Waals surface area contributed by atoms with E-state index in [9.17, 15) is 14.4 Å². The largest absolute Gasteiger partial charge is 0.398 e. The molecule has 1 aromatic heterocycles. The Kier molecular flexibility index (Phi) is 3.52. The number of imide groups is 1. The normalized spacial score (nSPS) is 22.2. The molecule has 20 heavy (non-hydrogen) atoms. The number of urea groups is 1. The molecular formula is C13H18N4O3. The van der Waals surface area contributed by atoms with E-state index in [4.69, 9.17) is 5.73 Å². The van der Waals surface area contributed by atoms with E-state index in [0.29, 0.717) is 12.1 Å². The number of aromatic nitrogens is 1. The van der Waals surface area contributed by atoms with Crippen molar-refractivity contribution in [2.24, 2.45) is 0 Å². The van der Waals surface area contributed by atoms with Crippen molar-refractivity contribution in [3.05, 3.63) is 28.7 Å². The monoisotopic (exact) mass is 278 g/mol. The third kappa shape index (κ3) is 2.38. The summed E-state index contributed by atoms with van der Waals surface area (Å²) in [5.74, 6) is -0.262. The van der Waals surface area contributed by atoms with Crippen LogP contribution in [0.2, 0.25) is 0 Å². The van der Waals surface area contributed by atoms with Crippen molar-refractivity contribution in [3.63, 3.8) is 0 Å². The van der Waals surface area contributed by atoms with Gasteiger partial charge < -0.3 is 15.6 Å². The Hall–Kier alpha value is -2.31. The van der Waals surface area contributed by atoms with Gasteiger partial charge in [-0.3, -0.25) is 14.5 Å². The third-order valence-electron chi connectivity index (χ3n) is 3.62. The highest BCUT2D eigenvalue weighted by atomic mass is 16.2. The van der Waals surface area contributed by atoms with E-state index in [1.807, 2.05) is 6.92 Å². The zero-order chi connectivity index (χ0) is 14.9. The van der Waals surface area contributed by atoms with Crippen molar-refractivity contribution >= 4 is 17.6 Å². The van der Waals surface area contributed by atoms with Crippen LogP contribution in [-0.4, -0.2) is 33.5 Å². The number of rotatable bonds is 4. The van der Waals surface area contributed by atoms with Crippen LogP contribution in [0.25, 0.3) is 0 Å². The molecule has 0 radical (unpaired) electrons. The van der Waals surface area contributed by atoms with Gasteiger partial charge in [-0.15, -0.1) is 0 Å². The van der Waals surface area contributed by atoms with Crippen LogP contribution in [0.1, 0.15) is 20.3 Å². The molecule has 1 unspecified atom stereocenters. The molecule has 0 aliphatic carbocycles. The van der Waals surface area contributed by atoms with Crippen LogP contribution in [0, 0.1) is 0 Å². The SMILES string of the molecule is CCC1(C)NC(=O)N(CCn2cc(N)ccc2=O)C1=O. The summed E-state index contributed by atoms with van der Waals surface area (Å²) in [6.07, 6.45) is 2.02. The second-order valence-electron chi connectivity index (χ2n) is 5.07. The highest BCUT2D eigenvalue weighted by Gasteiger charge is 2.46. The standard InChI is InChI=1S/C13H18N4O3/c1-3-13(2)11(19)17(12(20)15-13)7-6-16-8-9(14)4-5-10(16)18/h4-5,8H,3,6-7,14H2,1-2H3,(H,15,20). The minimum atomic E-state index is -0.849. The zero-order valence-corrected chi connectivity index (χ0v) is 11.5. The Morgan fingerprint density at radius 1 is 1.25 bits per heavy atom. The molecule has 0 spiro atoms. The average molecular weight is 278 g/mol. The molecule has 0 bridgehead atoms. The van der Waals surface area contributed by atoms with Crippen LogP contribution in [0.5, 0.6) is 0 Å². The highest BCUT2D eigenvalue weighted by Crippen LogP contribution is 2.20. The summed E-state index contributed by atoms with van der Waals surface area (Å²) in [5, 5.41) is 2.67. The van der Waals surface area contributed by atoms with Gasteiger partial charge in [-0.25, -0.2) is 4.79 Å². The van der Waals surface area contributed by atoms with Crippen LogP contribution in [0.15, 0.2) is 23.1 Å². The highest BCUT2D eigenvalue weighted by molar-refractivity contribution is 6.06. The van der Waals surface area contributed by atoms with E-state index in [0.717, 1.165) is 4.90 Å². The summed E-state index contributed by atoms with van der Waals surface area (Å²) in [7, 11) is 0. The molecule has 0 saturated carbocycles. The van der Waals surface area contributed by atoms with Gasteiger partial charge in [0.25, 0.3) is 11.5 Å². The first kappa shape index (κ1) is 14.1. The number of amides is 3. The first-order chi connectivity index (χ1) is 9.37. The summed E-state index contributed by atoms with van der Waals surface area (Å²) in [6.45, 7) is 3.90. The van der Waals surface area contributed by atoms with Crippen molar-refractivity contribution < 1.29 is 9.59 Å². The number of anilines is 1. The maximum absolute atomic E-state index is 12.2. The number of nitrogens with two attached hydrogens (primary N) is 1. The molecule has 108 valence electrons. The van der Waals surface area contributed by atoms with Gasteiger partial charge in [-0.1, -0.05) is 6.92 Å². The molecule has 7 heteroatoms. The van der Waals surface area contributed by atoms with Gasteiger partial charge in [0.1, 0.15) is 5.54 Å². The molecule has 1 aliphatic heterocycles. The summed E-state index contributed by atoms with van der Waals surface area (Å²) in [4.78, 5) is 36.8. The molecule has 1 aromatic rings. The molecule has 2 heterocycles. The summed E-state index contributed by atoms with van der Waals surface area (Å²) < 4.78 is 1.39. The average Bonchev–Trinajstić information content (AvgIpc) is 2.63. The lowest BCUT2D eigenvalue weighted by Gasteiger charge is -2.19. The van der Waals surface area contributed by atoms with Crippen molar-refractivity contribution in [3.8, 4) is 0 Å². The predicted octanol–water partition coefficient (Wildman–Crippen LogP) is 0.151. The molecule has 1 fully saturated rings. The van der Waals surface area contributed by atoms with Crippen molar-refractivity contribution in [1.82, 2.24) is 14.8 Å². The minimum absolute atomic E-state index is 0.142. The lowest BCUT2D eigenvalue weighted by atomic mass is 9.99. The summed E-state index contributed by atoms with van der Waals surface area (Å²) >= 11 is 0. The Morgan fingerprint density at radius 2 is 1.95 bits per heavy atom. The van der Waals surface area contributed by atoms with Crippen LogP contribution in [0.3, 0.4) is 0 Å². The van der Waals surface area contributed by atoms with E-state index in [1.165, 1.54) is 22.9 Å². The maximum atomic E-state index is 12.2. The van der Waals surface area contributed by atoms with Gasteiger partial charge in [0, 0.05) is 31.0 Å². The number of carbonyl (C=O) groups excluding carboxylic acids is 2. The fourth-order valence-electron chi connectivity index (χ4n) is 2.12. The number of carbonyl (C=O) groups is 2. The second-order valence-corrected chi connectivity index (χ2v) is 5.07. The second kappa shape index (κ2) is 4.99. The Balaban J connectivity index is 2.12. The van der Waals surface area contributed by atoms with Crippen LogP contribution in [0.4, 0.5) is 10.5 Å². The zero-order valence-electron chi connectivity index (χ0n) is 11.5. The Labute approximate surface area is 116 Å². The quantitative estimate of drug-likeness (QED) is 0.766. The van der Waals surface area contributed by atoms with Crippen molar-refractivity contribution in [2.75, 3.05) is 12.3 Å². The fourth-order valence-corrected chi connectivity index (χ4v) is 2.12. The predicted molar refractivity (Wildman–Crippen MR) is 74.1 cm³/mol. The van der Waals surface area contributed by atoms with Crippen LogP contribution < -0.4 is 16.6 Å². The maximum Gasteiger partial charge on any atom is 0.325 e. The van der Waals surface area contributed by atoms with Gasteiger partial charge >= 0.3 is 6.03 Å². The molecule has 1 saturated heterocycles. The topological polar surface area (TPSA) is 97.4 Å². The molecule has 1 aliphatic rings. The fraction of sp³-hybridized carbons (Fsp3) is 0.462. The molecule has 3 N–H and O–H groups in total. The molecular weight excluding hydrogens is 260 g/mol.